The quantitative estimate of drug-likeness (QED) is 0.0267. The average molecular weight is 1030 g/mol. The van der Waals surface area contributed by atoms with E-state index in [9.17, 15) is 25.2 Å². The van der Waals surface area contributed by atoms with Gasteiger partial charge in [0.15, 0.2) is 6.29 Å². The minimum atomic E-state index is -1.56. The maximum absolute atomic E-state index is 12.9. The van der Waals surface area contributed by atoms with Crippen molar-refractivity contribution in [3.05, 3.63) is 158 Å². The van der Waals surface area contributed by atoms with Crippen molar-refractivity contribution in [2.75, 3.05) is 26.4 Å². The lowest BCUT2D eigenvalue weighted by Crippen LogP contribution is -2.59. The molecular formula is C65H102O9. The lowest BCUT2D eigenvalue weighted by molar-refractivity contribution is -0.305. The van der Waals surface area contributed by atoms with Crippen LogP contribution in [0, 0.1) is 0 Å². The van der Waals surface area contributed by atoms with Crippen molar-refractivity contribution < 1.29 is 44.2 Å². The molecule has 0 aromatic heterocycles. The predicted octanol–water partition coefficient (Wildman–Crippen LogP) is 15.1. The molecule has 4 N–H and O–H groups in total. The van der Waals surface area contributed by atoms with E-state index in [1.807, 2.05) is 0 Å². The van der Waals surface area contributed by atoms with E-state index >= 15 is 0 Å². The van der Waals surface area contributed by atoms with E-state index in [0.717, 1.165) is 128 Å². The molecule has 0 aromatic rings. The summed E-state index contributed by atoms with van der Waals surface area (Å²) >= 11 is 0. The zero-order chi connectivity index (χ0) is 53.5. The highest BCUT2D eigenvalue weighted by Gasteiger charge is 2.44. The second kappa shape index (κ2) is 53.6. The molecule has 74 heavy (non-hydrogen) atoms. The summed E-state index contributed by atoms with van der Waals surface area (Å²) in [5, 5.41) is 40.4. The molecule has 0 amide bonds. The van der Waals surface area contributed by atoms with Crippen LogP contribution in [0.4, 0.5) is 0 Å². The third-order valence-corrected chi connectivity index (χ3v) is 11.9. The van der Waals surface area contributed by atoms with Crippen LogP contribution in [0.15, 0.2) is 158 Å². The molecule has 0 aliphatic carbocycles. The van der Waals surface area contributed by atoms with Gasteiger partial charge in [-0.3, -0.25) is 4.79 Å². The van der Waals surface area contributed by atoms with Crippen LogP contribution >= 0.6 is 0 Å². The second-order valence-electron chi connectivity index (χ2n) is 18.6. The van der Waals surface area contributed by atoms with E-state index in [-0.39, 0.29) is 25.6 Å². The Morgan fingerprint density at radius 2 is 0.784 bits per heavy atom. The molecule has 1 aliphatic heterocycles. The van der Waals surface area contributed by atoms with Crippen LogP contribution in [-0.4, -0.2) is 89.6 Å². The van der Waals surface area contributed by atoms with E-state index in [1.165, 1.54) is 25.7 Å². The Hall–Kier alpha value is -4.19. The molecule has 0 radical (unpaired) electrons. The van der Waals surface area contributed by atoms with Gasteiger partial charge >= 0.3 is 5.97 Å². The number of unbranched alkanes of at least 4 members (excludes halogenated alkanes) is 10. The Morgan fingerprint density at radius 3 is 1.18 bits per heavy atom. The Balaban J connectivity index is 2.24. The summed E-state index contributed by atoms with van der Waals surface area (Å²) in [7, 11) is 0. The van der Waals surface area contributed by atoms with E-state index in [0.29, 0.717) is 13.0 Å². The van der Waals surface area contributed by atoms with E-state index in [1.54, 1.807) is 0 Å². The zero-order valence-electron chi connectivity index (χ0n) is 46.0. The van der Waals surface area contributed by atoms with Gasteiger partial charge in [0, 0.05) is 13.0 Å². The summed E-state index contributed by atoms with van der Waals surface area (Å²) in [6, 6.07) is 0. The number of ether oxygens (including phenoxy) is 4. The predicted molar refractivity (Wildman–Crippen MR) is 311 cm³/mol. The minimum Gasteiger partial charge on any atom is -0.457 e. The number of esters is 1. The first-order valence-electron chi connectivity index (χ1n) is 28.6. The molecule has 6 unspecified atom stereocenters. The normalized spacial score (nSPS) is 19.8. The van der Waals surface area contributed by atoms with Crippen LogP contribution in [0.1, 0.15) is 181 Å². The molecule has 0 aromatic carbocycles. The summed E-state index contributed by atoms with van der Waals surface area (Å²) in [6.07, 6.45) is 75.6. The Bertz CT molecular complexity index is 1690. The van der Waals surface area contributed by atoms with Crippen LogP contribution in [0.5, 0.6) is 0 Å². The van der Waals surface area contributed by atoms with Gasteiger partial charge in [0.25, 0.3) is 0 Å². The first-order chi connectivity index (χ1) is 36.4. The monoisotopic (exact) mass is 1030 g/mol. The number of aliphatic hydroxyl groups is 4. The molecule has 1 fully saturated rings. The molecular weight excluding hydrogens is 925 g/mol. The number of carbonyl (C=O) groups is 1. The van der Waals surface area contributed by atoms with Gasteiger partial charge in [-0.1, -0.05) is 210 Å². The van der Waals surface area contributed by atoms with E-state index in [2.05, 4.69) is 172 Å². The first kappa shape index (κ1) is 67.8. The molecule has 6 atom stereocenters. The fourth-order valence-electron chi connectivity index (χ4n) is 7.59. The highest BCUT2D eigenvalue weighted by Crippen LogP contribution is 2.22. The summed E-state index contributed by atoms with van der Waals surface area (Å²) in [5.74, 6) is -0.356. The van der Waals surface area contributed by atoms with Crippen LogP contribution in [0.3, 0.4) is 0 Å². The van der Waals surface area contributed by atoms with Gasteiger partial charge in [0.1, 0.15) is 30.5 Å². The SMILES string of the molecule is CC/C=C\C/C=C\C/C=C\C/C=C\C/C=C\C/C=C\C/C=C\CCCCCC(=O)OC(COCCCCCCCCC/C=C\C/C=C\C/C=C\C/C=C\C/C=C\C/C=C\CC)COC1OC(CO)C(O)C(O)C1O. The molecule has 1 saturated heterocycles. The maximum Gasteiger partial charge on any atom is 0.306 e. The van der Waals surface area contributed by atoms with Crippen LogP contribution < -0.4 is 0 Å². The number of hydrogen-bond donors (Lipinski definition) is 4. The zero-order valence-corrected chi connectivity index (χ0v) is 46.0. The molecule has 416 valence electrons. The standard InChI is InChI=1S/C65H102O9/c1-3-5-7-9-11-13-15-17-19-21-23-25-27-29-31-33-35-37-39-41-43-45-47-49-51-53-55-71-57-59(58-72-65-64(70)63(69)62(68)60(56-66)74-65)73-61(67)54-52-50-48-46-44-42-40-38-36-34-32-30-28-26-24-22-20-18-16-14-12-10-8-6-4-2/h5-8,11-14,17-20,23-26,29-32,35-38,42,44,59-60,62-66,68-70H,3-4,9-10,15-16,21-22,27-28,33-34,39-41,43,45-58H2,1-2H3/b7-5-,8-6-,13-11-,14-12-,19-17-,20-18-,25-23-,26-24-,31-29-,32-30-,37-35-,38-36-,44-42-. The van der Waals surface area contributed by atoms with E-state index in [4.69, 9.17) is 18.9 Å². The number of allylic oxidation sites excluding steroid dienone is 26. The van der Waals surface area contributed by atoms with Crippen LogP contribution in [0.25, 0.3) is 0 Å². The Kier molecular flexibility index (Phi) is 49.2. The molecule has 0 bridgehead atoms. The summed E-state index contributed by atoms with van der Waals surface area (Å²) in [4.78, 5) is 12.9. The molecule has 1 aliphatic rings. The first-order valence-corrected chi connectivity index (χ1v) is 28.6. The smallest absolute Gasteiger partial charge is 0.306 e. The van der Waals surface area contributed by atoms with Crippen molar-refractivity contribution in [1.29, 1.82) is 0 Å². The molecule has 9 nitrogen and oxygen atoms in total. The van der Waals surface area contributed by atoms with Crippen molar-refractivity contribution >= 4 is 5.97 Å². The lowest BCUT2D eigenvalue weighted by atomic mass is 9.99. The largest absolute Gasteiger partial charge is 0.457 e. The van der Waals surface area contributed by atoms with Crippen molar-refractivity contribution in [3.63, 3.8) is 0 Å². The number of carbonyl (C=O) groups excluding carboxylic acids is 1. The van der Waals surface area contributed by atoms with Gasteiger partial charge in [-0.25, -0.2) is 0 Å². The highest BCUT2D eigenvalue weighted by molar-refractivity contribution is 5.69. The molecule has 1 rings (SSSR count). The molecule has 1 heterocycles. The van der Waals surface area contributed by atoms with Gasteiger partial charge in [0.2, 0.25) is 0 Å². The van der Waals surface area contributed by atoms with Gasteiger partial charge in [-0.2, -0.15) is 0 Å². The van der Waals surface area contributed by atoms with Crippen LogP contribution in [0.2, 0.25) is 0 Å². The number of hydrogen-bond acceptors (Lipinski definition) is 9. The molecule has 9 heteroatoms. The molecule has 0 saturated carbocycles. The second-order valence-corrected chi connectivity index (χ2v) is 18.6. The van der Waals surface area contributed by atoms with Crippen molar-refractivity contribution in [1.82, 2.24) is 0 Å². The van der Waals surface area contributed by atoms with Gasteiger partial charge < -0.3 is 39.4 Å². The number of rotatable bonds is 47. The van der Waals surface area contributed by atoms with Gasteiger partial charge in [0.05, 0.1) is 19.8 Å². The summed E-state index contributed by atoms with van der Waals surface area (Å²) < 4.78 is 22.9. The van der Waals surface area contributed by atoms with Crippen molar-refractivity contribution in [3.8, 4) is 0 Å². The van der Waals surface area contributed by atoms with Crippen molar-refractivity contribution in [2.24, 2.45) is 0 Å². The average Bonchev–Trinajstić information content (AvgIpc) is 3.40. The third kappa shape index (κ3) is 43.1. The minimum absolute atomic E-state index is 0.110. The summed E-state index contributed by atoms with van der Waals surface area (Å²) in [5.41, 5.74) is 0. The fraction of sp³-hybridized carbons (Fsp3) is 0.585. The fourth-order valence-corrected chi connectivity index (χ4v) is 7.59. The topological polar surface area (TPSA) is 135 Å². The number of aliphatic hydroxyl groups excluding tert-OH is 4. The van der Waals surface area contributed by atoms with E-state index < -0.39 is 43.4 Å². The lowest BCUT2D eigenvalue weighted by Gasteiger charge is -2.39. The highest BCUT2D eigenvalue weighted by atomic mass is 16.7. The summed E-state index contributed by atoms with van der Waals surface area (Å²) in [6.45, 7) is 4.23. The third-order valence-electron chi connectivity index (χ3n) is 11.9. The Labute approximate surface area is 450 Å². The van der Waals surface area contributed by atoms with Crippen molar-refractivity contribution in [2.45, 2.75) is 218 Å². The van der Waals surface area contributed by atoms with Gasteiger partial charge in [-0.15, -0.1) is 0 Å². The molecule has 0 spiro atoms. The van der Waals surface area contributed by atoms with Gasteiger partial charge in [-0.05, 0) is 122 Å². The van der Waals surface area contributed by atoms with Crippen LogP contribution in [-0.2, 0) is 23.7 Å². The maximum atomic E-state index is 12.9. The Morgan fingerprint density at radius 1 is 0.432 bits per heavy atom.